The van der Waals surface area contributed by atoms with Crippen molar-refractivity contribution in [3.05, 3.63) is 34.3 Å². The molecule has 0 aliphatic carbocycles. The van der Waals surface area contributed by atoms with Gasteiger partial charge in [0.05, 0.1) is 6.07 Å². The molecule has 0 aliphatic rings. The van der Waals surface area contributed by atoms with E-state index < -0.39 is 6.04 Å². The highest BCUT2D eigenvalue weighted by Gasteiger charge is 2.06. The van der Waals surface area contributed by atoms with Gasteiger partial charge in [0.2, 0.25) is 0 Å². The fourth-order valence-electron chi connectivity index (χ4n) is 1.06. The van der Waals surface area contributed by atoms with Gasteiger partial charge in [0.15, 0.2) is 0 Å². The zero-order valence-electron chi connectivity index (χ0n) is 6.71. The van der Waals surface area contributed by atoms with E-state index in [1.54, 1.807) is 18.2 Å². The Labute approximate surface area is 76.6 Å². The van der Waals surface area contributed by atoms with Crippen LogP contribution < -0.4 is 5.73 Å². The molecule has 0 fully saturated rings. The highest BCUT2D eigenvalue weighted by molar-refractivity contribution is 6.30. The Bertz CT molecular complexity index is 328. The second kappa shape index (κ2) is 3.57. The summed E-state index contributed by atoms with van der Waals surface area (Å²) in [4.78, 5) is 0. The zero-order chi connectivity index (χ0) is 9.14. The zero-order valence-corrected chi connectivity index (χ0v) is 7.47. The maximum atomic E-state index is 8.57. The van der Waals surface area contributed by atoms with Crippen molar-refractivity contribution in [3.63, 3.8) is 0 Å². The smallest absolute Gasteiger partial charge is 0.119 e. The van der Waals surface area contributed by atoms with Crippen LogP contribution >= 0.6 is 11.6 Å². The largest absolute Gasteiger partial charge is 0.312 e. The molecule has 0 aromatic heterocycles. The lowest BCUT2D eigenvalue weighted by molar-refractivity contribution is 0.914. The maximum absolute atomic E-state index is 8.57. The first kappa shape index (κ1) is 9.05. The van der Waals surface area contributed by atoms with E-state index in [9.17, 15) is 0 Å². The molecule has 1 aromatic carbocycles. The summed E-state index contributed by atoms with van der Waals surface area (Å²) in [6.45, 7) is 1.89. The van der Waals surface area contributed by atoms with E-state index in [0.29, 0.717) is 5.02 Å². The lowest BCUT2D eigenvalue weighted by Gasteiger charge is -2.06. The van der Waals surface area contributed by atoms with Crippen LogP contribution in [0.4, 0.5) is 0 Å². The van der Waals surface area contributed by atoms with Crippen molar-refractivity contribution in [2.75, 3.05) is 0 Å². The predicted octanol–water partition coefficient (Wildman–Crippen LogP) is 2.17. The van der Waals surface area contributed by atoms with Crippen LogP contribution in [0, 0.1) is 18.3 Å². The number of halogens is 1. The molecular weight excluding hydrogens is 172 g/mol. The Hall–Kier alpha value is -1.04. The van der Waals surface area contributed by atoms with Gasteiger partial charge in [-0.2, -0.15) is 5.26 Å². The molecule has 1 aromatic rings. The molecule has 1 rings (SSSR count). The first-order valence-corrected chi connectivity index (χ1v) is 3.94. The van der Waals surface area contributed by atoms with Crippen molar-refractivity contribution in [2.45, 2.75) is 13.0 Å². The van der Waals surface area contributed by atoms with Crippen LogP contribution in [0.2, 0.25) is 5.02 Å². The van der Waals surface area contributed by atoms with Gasteiger partial charge in [0, 0.05) is 5.02 Å². The fourth-order valence-corrected chi connectivity index (χ4v) is 1.28. The van der Waals surface area contributed by atoms with E-state index in [2.05, 4.69) is 0 Å². The Kier molecular flexibility index (Phi) is 2.69. The van der Waals surface area contributed by atoms with Gasteiger partial charge < -0.3 is 5.73 Å². The summed E-state index contributed by atoms with van der Waals surface area (Å²) in [5.74, 6) is 0. The number of nitriles is 1. The monoisotopic (exact) mass is 180 g/mol. The minimum absolute atomic E-state index is 0.553. The summed E-state index contributed by atoms with van der Waals surface area (Å²) in [5.41, 5.74) is 7.33. The molecule has 1 unspecified atom stereocenters. The van der Waals surface area contributed by atoms with Crippen LogP contribution in [0.1, 0.15) is 17.2 Å². The highest BCUT2D eigenvalue weighted by Crippen LogP contribution is 2.19. The minimum Gasteiger partial charge on any atom is -0.312 e. The maximum Gasteiger partial charge on any atom is 0.119 e. The third-order valence-corrected chi connectivity index (χ3v) is 1.94. The third kappa shape index (κ3) is 1.76. The Balaban J connectivity index is 3.11. The number of nitrogens with zero attached hydrogens (tertiary/aromatic N) is 1. The first-order valence-electron chi connectivity index (χ1n) is 3.56. The standard InChI is InChI=1S/C9H9ClN2/c1-6-4-7(10)2-3-8(6)9(12)5-11/h2-4,9H,12H2,1H3. The second-order valence-corrected chi connectivity index (χ2v) is 3.04. The molecule has 0 bridgehead atoms. The summed E-state index contributed by atoms with van der Waals surface area (Å²) >= 11 is 5.74. The minimum atomic E-state index is -0.553. The molecule has 0 radical (unpaired) electrons. The number of aryl methyl sites for hydroxylation is 1. The molecule has 12 heavy (non-hydrogen) atoms. The summed E-state index contributed by atoms with van der Waals surface area (Å²) < 4.78 is 0. The second-order valence-electron chi connectivity index (χ2n) is 2.61. The normalized spacial score (nSPS) is 12.2. The first-order chi connectivity index (χ1) is 5.65. The Morgan fingerprint density at radius 2 is 2.25 bits per heavy atom. The molecule has 0 amide bonds. The van der Waals surface area contributed by atoms with Crippen molar-refractivity contribution >= 4 is 11.6 Å². The number of nitrogens with two attached hydrogens (primary N) is 1. The van der Waals surface area contributed by atoms with Crippen LogP contribution in [0.5, 0.6) is 0 Å². The van der Waals surface area contributed by atoms with Gasteiger partial charge in [-0.3, -0.25) is 0 Å². The SMILES string of the molecule is Cc1cc(Cl)ccc1C(N)C#N. The van der Waals surface area contributed by atoms with Gasteiger partial charge in [-0.05, 0) is 30.2 Å². The van der Waals surface area contributed by atoms with E-state index >= 15 is 0 Å². The number of rotatable bonds is 1. The summed E-state index contributed by atoms with van der Waals surface area (Å²) in [7, 11) is 0. The van der Waals surface area contributed by atoms with Crippen molar-refractivity contribution in [1.29, 1.82) is 5.26 Å². The summed E-state index contributed by atoms with van der Waals surface area (Å²) in [6, 6.07) is 6.74. The van der Waals surface area contributed by atoms with Crippen molar-refractivity contribution in [1.82, 2.24) is 0 Å². The average Bonchev–Trinajstić information content (AvgIpc) is 2.03. The molecule has 2 N–H and O–H groups in total. The van der Waals surface area contributed by atoms with E-state index in [0.717, 1.165) is 11.1 Å². The van der Waals surface area contributed by atoms with Gasteiger partial charge in [-0.25, -0.2) is 0 Å². The van der Waals surface area contributed by atoms with E-state index in [-0.39, 0.29) is 0 Å². The van der Waals surface area contributed by atoms with Crippen molar-refractivity contribution in [2.24, 2.45) is 5.73 Å². The molecule has 0 spiro atoms. The van der Waals surface area contributed by atoms with Gasteiger partial charge >= 0.3 is 0 Å². The van der Waals surface area contributed by atoms with Crippen LogP contribution in [0.25, 0.3) is 0 Å². The van der Waals surface area contributed by atoms with E-state index in [1.165, 1.54) is 0 Å². The van der Waals surface area contributed by atoms with Gasteiger partial charge in [0.25, 0.3) is 0 Å². The Morgan fingerprint density at radius 1 is 1.58 bits per heavy atom. The molecule has 0 aliphatic heterocycles. The molecule has 2 nitrogen and oxygen atoms in total. The van der Waals surface area contributed by atoms with Gasteiger partial charge in [0.1, 0.15) is 6.04 Å². The van der Waals surface area contributed by atoms with Crippen molar-refractivity contribution < 1.29 is 0 Å². The fraction of sp³-hybridized carbons (Fsp3) is 0.222. The molecule has 62 valence electrons. The van der Waals surface area contributed by atoms with Crippen LogP contribution in [0.3, 0.4) is 0 Å². The quantitative estimate of drug-likeness (QED) is 0.720. The van der Waals surface area contributed by atoms with Crippen LogP contribution in [-0.2, 0) is 0 Å². The highest BCUT2D eigenvalue weighted by atomic mass is 35.5. The lowest BCUT2D eigenvalue weighted by atomic mass is 10.0. The Morgan fingerprint density at radius 3 is 2.75 bits per heavy atom. The van der Waals surface area contributed by atoms with E-state index in [1.807, 2.05) is 13.0 Å². The van der Waals surface area contributed by atoms with Crippen LogP contribution in [0.15, 0.2) is 18.2 Å². The number of benzene rings is 1. The molecule has 3 heteroatoms. The number of hydrogen-bond donors (Lipinski definition) is 1. The lowest BCUT2D eigenvalue weighted by Crippen LogP contribution is -2.08. The average molecular weight is 181 g/mol. The molecule has 0 heterocycles. The summed E-state index contributed by atoms with van der Waals surface area (Å²) in [5, 5.41) is 9.24. The third-order valence-electron chi connectivity index (χ3n) is 1.71. The summed E-state index contributed by atoms with van der Waals surface area (Å²) in [6.07, 6.45) is 0. The molecular formula is C9H9ClN2. The molecule has 1 atom stereocenters. The van der Waals surface area contributed by atoms with E-state index in [4.69, 9.17) is 22.6 Å². The predicted molar refractivity (Wildman–Crippen MR) is 48.7 cm³/mol. The molecule has 0 saturated heterocycles. The van der Waals surface area contributed by atoms with Gasteiger partial charge in [-0.1, -0.05) is 17.7 Å². The van der Waals surface area contributed by atoms with Crippen LogP contribution in [-0.4, -0.2) is 0 Å². The topological polar surface area (TPSA) is 49.8 Å². The van der Waals surface area contributed by atoms with Crippen molar-refractivity contribution in [3.8, 4) is 6.07 Å². The van der Waals surface area contributed by atoms with Gasteiger partial charge in [-0.15, -0.1) is 0 Å². The molecule has 0 saturated carbocycles. The number of hydrogen-bond acceptors (Lipinski definition) is 2.